The summed E-state index contributed by atoms with van der Waals surface area (Å²) in [4.78, 5) is 2.44. The lowest BCUT2D eigenvalue weighted by molar-refractivity contribution is 0.160. The van der Waals surface area contributed by atoms with Crippen LogP contribution in [0.4, 0.5) is 0 Å². The molecule has 1 fully saturated rings. The zero-order valence-corrected chi connectivity index (χ0v) is 17.6. The largest absolute Gasteiger partial charge is 0.507 e. The van der Waals surface area contributed by atoms with Crippen molar-refractivity contribution in [2.24, 2.45) is 5.92 Å². The zero-order valence-electron chi connectivity index (χ0n) is 17.6. The van der Waals surface area contributed by atoms with E-state index in [1.54, 1.807) is 19.4 Å². The molecule has 0 aliphatic carbocycles. The van der Waals surface area contributed by atoms with E-state index in [0.29, 0.717) is 17.9 Å². The normalized spacial score (nSPS) is 15.3. The van der Waals surface area contributed by atoms with Gasteiger partial charge in [-0.25, -0.2) is 0 Å². The van der Waals surface area contributed by atoms with E-state index in [1.165, 1.54) is 12.8 Å². The van der Waals surface area contributed by atoms with E-state index in [0.717, 1.165) is 48.1 Å². The highest BCUT2D eigenvalue weighted by Gasteiger charge is 2.16. The first-order chi connectivity index (χ1) is 14.6. The summed E-state index contributed by atoms with van der Waals surface area (Å²) in [5.74, 6) is 2.47. The summed E-state index contributed by atoms with van der Waals surface area (Å²) in [7, 11) is 1.65. The van der Waals surface area contributed by atoms with Crippen molar-refractivity contribution in [3.8, 4) is 39.6 Å². The third kappa shape index (κ3) is 4.60. The first-order valence-corrected chi connectivity index (χ1v) is 10.5. The van der Waals surface area contributed by atoms with E-state index in [2.05, 4.69) is 22.0 Å². The smallest absolute Gasteiger partial charge is 0.128 e. The first kappa shape index (κ1) is 20.3. The summed E-state index contributed by atoms with van der Waals surface area (Å²) in [6.07, 6.45) is 4.28. The molecule has 3 aromatic rings. The van der Waals surface area contributed by atoms with E-state index in [9.17, 15) is 5.11 Å². The molecule has 2 aromatic carbocycles. The fourth-order valence-corrected chi connectivity index (χ4v) is 3.87. The Morgan fingerprint density at radius 1 is 1.07 bits per heavy atom. The van der Waals surface area contributed by atoms with Crippen LogP contribution >= 0.6 is 0 Å². The summed E-state index contributed by atoms with van der Waals surface area (Å²) in [6.45, 7) is 6.13. The molecule has 0 radical (unpaired) electrons. The van der Waals surface area contributed by atoms with Crippen LogP contribution in [0.1, 0.15) is 19.8 Å². The van der Waals surface area contributed by atoms with Gasteiger partial charge in [-0.1, -0.05) is 19.1 Å². The van der Waals surface area contributed by atoms with Crippen molar-refractivity contribution in [1.29, 1.82) is 0 Å². The molecule has 1 aliphatic heterocycles. The lowest BCUT2D eigenvalue weighted by atomic mass is 9.99. The Bertz CT molecular complexity index is 960. The van der Waals surface area contributed by atoms with Gasteiger partial charge in [0.05, 0.1) is 19.0 Å². The molecule has 0 bridgehead atoms. The zero-order chi connectivity index (χ0) is 20.9. The SMILES string of the molecule is COc1ccc(-c2cn[nH]c2-c2ccc(OCCN3CCC(C)CC3)cc2O)cc1. The van der Waals surface area contributed by atoms with Crippen LogP contribution in [0.15, 0.2) is 48.7 Å². The Kier molecular flexibility index (Phi) is 6.23. The average Bonchev–Trinajstić information content (AvgIpc) is 3.25. The summed E-state index contributed by atoms with van der Waals surface area (Å²) in [5, 5.41) is 17.8. The van der Waals surface area contributed by atoms with Gasteiger partial charge in [-0.3, -0.25) is 10.00 Å². The van der Waals surface area contributed by atoms with Crippen LogP contribution in [0.2, 0.25) is 0 Å². The fraction of sp³-hybridized carbons (Fsp3) is 0.375. The van der Waals surface area contributed by atoms with E-state index >= 15 is 0 Å². The quantitative estimate of drug-likeness (QED) is 0.600. The monoisotopic (exact) mass is 407 g/mol. The van der Waals surface area contributed by atoms with Crippen molar-refractivity contribution in [3.05, 3.63) is 48.7 Å². The third-order valence-corrected chi connectivity index (χ3v) is 5.83. The van der Waals surface area contributed by atoms with E-state index in [-0.39, 0.29) is 5.75 Å². The van der Waals surface area contributed by atoms with Gasteiger partial charge in [0.25, 0.3) is 0 Å². The van der Waals surface area contributed by atoms with Gasteiger partial charge in [0.2, 0.25) is 0 Å². The first-order valence-electron chi connectivity index (χ1n) is 10.5. The number of H-pyrrole nitrogens is 1. The van der Waals surface area contributed by atoms with Crippen molar-refractivity contribution in [2.75, 3.05) is 33.4 Å². The number of methoxy groups -OCH3 is 1. The minimum atomic E-state index is 0.165. The van der Waals surface area contributed by atoms with E-state index in [4.69, 9.17) is 9.47 Å². The minimum Gasteiger partial charge on any atom is -0.507 e. The van der Waals surface area contributed by atoms with Crippen LogP contribution in [-0.2, 0) is 0 Å². The third-order valence-electron chi connectivity index (χ3n) is 5.83. The maximum Gasteiger partial charge on any atom is 0.128 e. The number of aromatic hydroxyl groups is 1. The number of hydrogen-bond acceptors (Lipinski definition) is 5. The molecule has 0 unspecified atom stereocenters. The Morgan fingerprint density at radius 3 is 2.50 bits per heavy atom. The summed E-state index contributed by atoms with van der Waals surface area (Å²) in [6, 6.07) is 13.2. The maximum atomic E-state index is 10.6. The minimum absolute atomic E-state index is 0.165. The molecule has 158 valence electrons. The van der Waals surface area contributed by atoms with Gasteiger partial charge in [0.1, 0.15) is 23.9 Å². The number of nitrogens with zero attached hydrogens (tertiary/aromatic N) is 2. The Hall–Kier alpha value is -2.99. The second-order valence-electron chi connectivity index (χ2n) is 7.94. The second kappa shape index (κ2) is 9.22. The predicted octanol–water partition coefficient (Wildman–Crippen LogP) is 4.57. The highest BCUT2D eigenvalue weighted by Crippen LogP contribution is 2.37. The fourth-order valence-electron chi connectivity index (χ4n) is 3.87. The number of benzene rings is 2. The van der Waals surface area contributed by atoms with Crippen molar-refractivity contribution in [2.45, 2.75) is 19.8 Å². The number of ether oxygens (including phenoxy) is 2. The molecule has 2 N–H and O–H groups in total. The number of likely N-dealkylation sites (tertiary alicyclic amines) is 1. The number of aromatic nitrogens is 2. The molecule has 6 nitrogen and oxygen atoms in total. The van der Waals surface area contributed by atoms with Gasteiger partial charge < -0.3 is 14.6 Å². The number of aromatic amines is 1. The van der Waals surface area contributed by atoms with Crippen LogP contribution in [0.3, 0.4) is 0 Å². The summed E-state index contributed by atoms with van der Waals surface area (Å²) >= 11 is 0. The molecule has 30 heavy (non-hydrogen) atoms. The van der Waals surface area contributed by atoms with Gasteiger partial charge in [-0.2, -0.15) is 5.10 Å². The molecule has 1 aromatic heterocycles. The molecular weight excluding hydrogens is 378 g/mol. The lowest BCUT2D eigenvalue weighted by Crippen LogP contribution is -2.35. The van der Waals surface area contributed by atoms with Crippen LogP contribution in [0.5, 0.6) is 17.2 Å². The summed E-state index contributed by atoms with van der Waals surface area (Å²) < 4.78 is 11.1. The molecule has 0 spiro atoms. The van der Waals surface area contributed by atoms with E-state index < -0.39 is 0 Å². The Morgan fingerprint density at radius 2 is 1.80 bits per heavy atom. The molecule has 4 rings (SSSR count). The number of phenols is 1. The predicted molar refractivity (Wildman–Crippen MR) is 118 cm³/mol. The average molecular weight is 408 g/mol. The van der Waals surface area contributed by atoms with Crippen molar-refractivity contribution < 1.29 is 14.6 Å². The van der Waals surface area contributed by atoms with Crippen molar-refractivity contribution in [1.82, 2.24) is 15.1 Å². The molecule has 1 aliphatic rings. The molecule has 6 heteroatoms. The number of nitrogens with one attached hydrogen (secondary N) is 1. The van der Waals surface area contributed by atoms with Crippen LogP contribution in [-0.4, -0.2) is 53.6 Å². The van der Waals surface area contributed by atoms with Crippen LogP contribution in [0, 0.1) is 5.92 Å². The maximum absolute atomic E-state index is 10.6. The molecule has 2 heterocycles. The van der Waals surface area contributed by atoms with Gasteiger partial charge in [0.15, 0.2) is 0 Å². The number of rotatable bonds is 7. The summed E-state index contributed by atoms with van der Waals surface area (Å²) in [5.41, 5.74) is 3.37. The topological polar surface area (TPSA) is 70.6 Å². The van der Waals surface area contributed by atoms with Crippen LogP contribution in [0.25, 0.3) is 22.4 Å². The highest BCUT2D eigenvalue weighted by molar-refractivity contribution is 5.83. The Labute approximate surface area is 177 Å². The van der Waals surface area contributed by atoms with E-state index in [1.807, 2.05) is 36.4 Å². The molecule has 0 saturated carbocycles. The van der Waals surface area contributed by atoms with Gasteiger partial charge in [-0.05, 0) is 61.7 Å². The van der Waals surface area contributed by atoms with Crippen LogP contribution < -0.4 is 9.47 Å². The van der Waals surface area contributed by atoms with Crippen molar-refractivity contribution >= 4 is 0 Å². The highest BCUT2D eigenvalue weighted by atomic mass is 16.5. The number of piperidine rings is 1. The molecular formula is C24H29N3O3. The van der Waals surface area contributed by atoms with Crippen molar-refractivity contribution in [3.63, 3.8) is 0 Å². The number of phenolic OH excluding ortho intramolecular Hbond substituents is 1. The lowest BCUT2D eigenvalue weighted by Gasteiger charge is -2.29. The molecule has 1 saturated heterocycles. The van der Waals surface area contributed by atoms with Gasteiger partial charge in [-0.15, -0.1) is 0 Å². The molecule has 0 atom stereocenters. The Balaban J connectivity index is 1.43. The van der Waals surface area contributed by atoms with Gasteiger partial charge in [0, 0.05) is 23.7 Å². The second-order valence-corrected chi connectivity index (χ2v) is 7.94. The molecule has 0 amide bonds. The number of hydrogen-bond donors (Lipinski definition) is 2. The standard InChI is InChI=1S/C24H29N3O3/c1-17-9-11-27(12-10-17)13-14-30-20-7-8-21(23(28)15-20)24-22(16-25-26-24)18-3-5-19(29-2)6-4-18/h3-8,15-17,28H,9-14H2,1-2H3,(H,25,26). The van der Waals surface area contributed by atoms with Gasteiger partial charge >= 0.3 is 0 Å².